The Hall–Kier alpha value is -3.03. The van der Waals surface area contributed by atoms with Crippen LogP contribution in [0.4, 0.5) is 14.6 Å². The normalized spacial score (nSPS) is 15.2. The van der Waals surface area contributed by atoms with Gasteiger partial charge in [0, 0.05) is 31.9 Å². The topological polar surface area (TPSA) is 53.7 Å². The van der Waals surface area contributed by atoms with Gasteiger partial charge in [-0.2, -0.15) is 5.10 Å². The highest BCUT2D eigenvalue weighted by Gasteiger charge is 2.25. The van der Waals surface area contributed by atoms with Gasteiger partial charge in [-0.1, -0.05) is 6.07 Å². The van der Waals surface area contributed by atoms with E-state index in [1.54, 1.807) is 27.9 Å². The van der Waals surface area contributed by atoms with E-state index < -0.39 is 11.6 Å². The molecule has 0 N–H and O–H groups in total. The molecule has 4 rings (SSSR count). The Kier molecular flexibility index (Phi) is 3.79. The van der Waals surface area contributed by atoms with Crippen LogP contribution in [0.5, 0.6) is 0 Å². The minimum Gasteiger partial charge on any atom is -0.345 e. The number of piperazine rings is 1. The molecule has 0 unspecified atom stereocenters. The molecule has 8 heteroatoms. The molecule has 0 radical (unpaired) electrons. The van der Waals surface area contributed by atoms with Gasteiger partial charge in [0.2, 0.25) is 5.91 Å². The van der Waals surface area contributed by atoms with Crippen molar-refractivity contribution >= 4 is 17.4 Å². The van der Waals surface area contributed by atoms with Crippen molar-refractivity contribution in [1.29, 1.82) is 0 Å². The number of benzene rings is 1. The summed E-state index contributed by atoms with van der Waals surface area (Å²) in [6.07, 6.45) is 3.47. The summed E-state index contributed by atoms with van der Waals surface area (Å²) >= 11 is 0. The average Bonchev–Trinajstić information content (AvgIpc) is 3.07. The molecular formula is C17H15F2N5O. The van der Waals surface area contributed by atoms with Gasteiger partial charge in [-0.25, -0.2) is 18.3 Å². The third kappa shape index (κ3) is 3.02. The molecule has 2 aromatic heterocycles. The average molecular weight is 343 g/mol. The molecule has 1 saturated heterocycles. The Morgan fingerprint density at radius 2 is 1.96 bits per heavy atom. The van der Waals surface area contributed by atoms with Crippen LogP contribution < -0.4 is 4.90 Å². The van der Waals surface area contributed by atoms with E-state index in [2.05, 4.69) is 10.1 Å². The van der Waals surface area contributed by atoms with Crippen molar-refractivity contribution in [3.63, 3.8) is 0 Å². The fourth-order valence-corrected chi connectivity index (χ4v) is 2.91. The van der Waals surface area contributed by atoms with Crippen LogP contribution >= 0.6 is 0 Å². The summed E-state index contributed by atoms with van der Waals surface area (Å²) in [6.45, 7) is 1.57. The van der Waals surface area contributed by atoms with E-state index in [9.17, 15) is 13.6 Å². The van der Waals surface area contributed by atoms with E-state index in [1.807, 2.05) is 11.0 Å². The molecule has 6 nitrogen and oxygen atoms in total. The highest BCUT2D eigenvalue weighted by molar-refractivity contribution is 5.82. The molecule has 0 saturated carbocycles. The molecular weight excluding hydrogens is 328 g/mol. The fourth-order valence-electron chi connectivity index (χ4n) is 2.91. The van der Waals surface area contributed by atoms with Crippen LogP contribution in [0.2, 0.25) is 0 Å². The molecule has 0 atom stereocenters. The molecule has 1 aliphatic rings. The number of hydrogen-bond donors (Lipinski definition) is 0. The zero-order chi connectivity index (χ0) is 17.4. The van der Waals surface area contributed by atoms with Gasteiger partial charge < -0.3 is 9.80 Å². The van der Waals surface area contributed by atoms with Crippen LogP contribution in [-0.2, 0) is 11.3 Å². The molecule has 1 amide bonds. The third-order valence-electron chi connectivity index (χ3n) is 4.24. The van der Waals surface area contributed by atoms with Crippen molar-refractivity contribution in [2.75, 3.05) is 24.5 Å². The standard InChI is InChI=1S/C17H15F2N5O/c18-13-2-1-12(9-14(13)19)10-23-8-7-22(11-17(23)25)15-4-6-24-16(21-15)3-5-20-24/h1-6,9H,7-8,10-11H2. The Labute approximate surface area is 142 Å². The number of halogens is 2. The zero-order valence-electron chi connectivity index (χ0n) is 13.3. The number of carbonyl (C=O) groups excluding carboxylic acids is 1. The summed E-state index contributed by atoms with van der Waals surface area (Å²) in [6, 6.07) is 7.32. The lowest BCUT2D eigenvalue weighted by molar-refractivity contribution is -0.131. The van der Waals surface area contributed by atoms with Gasteiger partial charge in [0.25, 0.3) is 0 Å². The first kappa shape index (κ1) is 15.5. The summed E-state index contributed by atoms with van der Waals surface area (Å²) in [5.74, 6) is -1.15. The van der Waals surface area contributed by atoms with Crippen LogP contribution in [0, 0.1) is 11.6 Å². The molecule has 3 heterocycles. The highest BCUT2D eigenvalue weighted by atomic mass is 19.2. The van der Waals surface area contributed by atoms with Crippen molar-refractivity contribution in [3.8, 4) is 0 Å². The van der Waals surface area contributed by atoms with E-state index in [-0.39, 0.29) is 19.0 Å². The summed E-state index contributed by atoms with van der Waals surface area (Å²) in [7, 11) is 0. The van der Waals surface area contributed by atoms with Crippen molar-refractivity contribution in [3.05, 3.63) is 59.9 Å². The van der Waals surface area contributed by atoms with Crippen molar-refractivity contribution in [2.45, 2.75) is 6.54 Å². The minimum absolute atomic E-state index is 0.0776. The van der Waals surface area contributed by atoms with Gasteiger partial charge in [-0.05, 0) is 23.8 Å². The molecule has 1 aromatic carbocycles. The lowest BCUT2D eigenvalue weighted by Gasteiger charge is -2.35. The lowest BCUT2D eigenvalue weighted by Crippen LogP contribution is -2.50. The Bertz CT molecular complexity index is 942. The third-order valence-corrected chi connectivity index (χ3v) is 4.24. The van der Waals surface area contributed by atoms with Gasteiger partial charge in [0.1, 0.15) is 5.82 Å². The largest absolute Gasteiger partial charge is 0.345 e. The van der Waals surface area contributed by atoms with E-state index in [0.717, 1.165) is 12.1 Å². The van der Waals surface area contributed by atoms with Crippen LogP contribution in [0.25, 0.3) is 5.65 Å². The first-order valence-electron chi connectivity index (χ1n) is 7.87. The molecule has 0 spiro atoms. The van der Waals surface area contributed by atoms with Crippen LogP contribution in [0.1, 0.15) is 5.56 Å². The molecule has 128 valence electrons. The number of aromatic nitrogens is 3. The molecule has 0 bridgehead atoms. The number of rotatable bonds is 3. The summed E-state index contributed by atoms with van der Waals surface area (Å²) < 4.78 is 28.0. The second-order valence-corrected chi connectivity index (χ2v) is 5.91. The highest BCUT2D eigenvalue weighted by Crippen LogP contribution is 2.17. The first-order chi connectivity index (χ1) is 12.1. The lowest BCUT2D eigenvalue weighted by atomic mass is 10.2. The van der Waals surface area contributed by atoms with Crippen molar-refractivity contribution in [2.24, 2.45) is 0 Å². The Balaban J connectivity index is 1.46. The van der Waals surface area contributed by atoms with Gasteiger partial charge >= 0.3 is 0 Å². The van der Waals surface area contributed by atoms with E-state index >= 15 is 0 Å². The monoisotopic (exact) mass is 343 g/mol. The van der Waals surface area contributed by atoms with E-state index in [1.165, 1.54) is 6.07 Å². The molecule has 0 aliphatic carbocycles. The fraction of sp³-hybridized carbons (Fsp3) is 0.235. The van der Waals surface area contributed by atoms with Crippen molar-refractivity contribution in [1.82, 2.24) is 19.5 Å². The molecule has 25 heavy (non-hydrogen) atoms. The Morgan fingerprint density at radius 3 is 2.76 bits per heavy atom. The quantitative estimate of drug-likeness (QED) is 0.728. The van der Waals surface area contributed by atoms with Crippen LogP contribution in [-0.4, -0.2) is 45.0 Å². The number of anilines is 1. The molecule has 1 fully saturated rings. The van der Waals surface area contributed by atoms with Crippen LogP contribution in [0.3, 0.4) is 0 Å². The van der Waals surface area contributed by atoms with E-state index in [0.29, 0.717) is 30.1 Å². The number of fused-ring (bicyclic) bond motifs is 1. The van der Waals surface area contributed by atoms with Crippen molar-refractivity contribution < 1.29 is 13.6 Å². The number of nitrogens with zero attached hydrogens (tertiary/aromatic N) is 5. The number of carbonyl (C=O) groups is 1. The maximum absolute atomic E-state index is 13.3. The second-order valence-electron chi connectivity index (χ2n) is 5.91. The summed E-state index contributed by atoms with van der Waals surface area (Å²) in [5.41, 5.74) is 1.29. The summed E-state index contributed by atoms with van der Waals surface area (Å²) in [5, 5.41) is 4.10. The second kappa shape index (κ2) is 6.12. The maximum atomic E-state index is 13.3. The van der Waals surface area contributed by atoms with E-state index in [4.69, 9.17) is 0 Å². The zero-order valence-corrected chi connectivity index (χ0v) is 13.3. The minimum atomic E-state index is -0.901. The number of hydrogen-bond acceptors (Lipinski definition) is 4. The predicted octanol–water partition coefficient (Wildman–Crippen LogP) is 1.86. The molecule has 1 aliphatic heterocycles. The summed E-state index contributed by atoms with van der Waals surface area (Å²) in [4.78, 5) is 20.4. The number of amides is 1. The SMILES string of the molecule is O=C1CN(c2ccn3nccc3n2)CCN1Cc1ccc(F)c(F)c1. The first-order valence-corrected chi connectivity index (χ1v) is 7.87. The van der Waals surface area contributed by atoms with Crippen LogP contribution in [0.15, 0.2) is 42.7 Å². The predicted molar refractivity (Wildman–Crippen MR) is 87.0 cm³/mol. The molecule has 3 aromatic rings. The smallest absolute Gasteiger partial charge is 0.242 e. The maximum Gasteiger partial charge on any atom is 0.242 e. The Morgan fingerprint density at radius 1 is 1.08 bits per heavy atom. The van der Waals surface area contributed by atoms with Gasteiger partial charge in [0.15, 0.2) is 17.3 Å². The van der Waals surface area contributed by atoms with Gasteiger partial charge in [-0.3, -0.25) is 4.79 Å². The van der Waals surface area contributed by atoms with Gasteiger partial charge in [-0.15, -0.1) is 0 Å². The van der Waals surface area contributed by atoms with Gasteiger partial charge in [0.05, 0.1) is 12.7 Å².